The van der Waals surface area contributed by atoms with Crippen molar-refractivity contribution in [2.45, 2.75) is 31.8 Å². The molecule has 100 valence electrons. The third-order valence-electron chi connectivity index (χ3n) is 4.01. The molecule has 2 unspecified atom stereocenters. The summed E-state index contributed by atoms with van der Waals surface area (Å²) < 4.78 is 5.21. The molecule has 1 saturated heterocycles. The van der Waals surface area contributed by atoms with Gasteiger partial charge < -0.3 is 10.1 Å². The van der Waals surface area contributed by atoms with Gasteiger partial charge >= 0.3 is 0 Å². The van der Waals surface area contributed by atoms with Crippen molar-refractivity contribution in [3.63, 3.8) is 0 Å². The summed E-state index contributed by atoms with van der Waals surface area (Å²) in [5.74, 6) is 0.928. The van der Waals surface area contributed by atoms with Gasteiger partial charge in [0, 0.05) is 18.6 Å². The third kappa shape index (κ3) is 3.03. The number of likely N-dealkylation sites (N-methyl/N-ethyl adjacent to an activating group) is 1. The lowest BCUT2D eigenvalue weighted by Crippen LogP contribution is -2.45. The Kier molecular flexibility index (Phi) is 4.61. The second-order valence-corrected chi connectivity index (χ2v) is 5.07. The average Bonchev–Trinajstić information content (AvgIpc) is 2.46. The number of likely N-dealkylation sites (tertiary alicyclic amines) is 1. The molecule has 2 atom stereocenters. The number of nitrogens with one attached hydrogen (secondary N) is 1. The van der Waals surface area contributed by atoms with Crippen LogP contribution in [0.5, 0.6) is 5.75 Å². The quantitative estimate of drug-likeness (QED) is 0.885. The van der Waals surface area contributed by atoms with Gasteiger partial charge in [0.05, 0.1) is 7.11 Å². The molecule has 0 bridgehead atoms. The van der Waals surface area contributed by atoms with E-state index in [2.05, 4.69) is 36.3 Å². The number of nitrogens with zero attached hydrogens (tertiary/aromatic N) is 1. The smallest absolute Gasteiger partial charge is 0.118 e. The monoisotopic (exact) mass is 248 g/mol. The maximum Gasteiger partial charge on any atom is 0.118 e. The van der Waals surface area contributed by atoms with E-state index in [1.165, 1.54) is 24.9 Å². The summed E-state index contributed by atoms with van der Waals surface area (Å²) >= 11 is 0. The Morgan fingerprint density at radius 3 is 2.67 bits per heavy atom. The Bertz CT molecular complexity index is 363. The number of hydrogen-bond acceptors (Lipinski definition) is 3. The van der Waals surface area contributed by atoms with Gasteiger partial charge in [-0.15, -0.1) is 0 Å². The van der Waals surface area contributed by atoms with E-state index in [4.69, 9.17) is 4.74 Å². The van der Waals surface area contributed by atoms with Crippen LogP contribution in [0.15, 0.2) is 24.3 Å². The highest BCUT2D eigenvalue weighted by atomic mass is 16.5. The van der Waals surface area contributed by atoms with Gasteiger partial charge in [0.1, 0.15) is 5.75 Å². The summed E-state index contributed by atoms with van der Waals surface area (Å²) in [7, 11) is 3.77. The molecule has 0 saturated carbocycles. The van der Waals surface area contributed by atoms with E-state index in [1.54, 1.807) is 7.11 Å². The molecule has 1 aliphatic rings. The predicted molar refractivity (Wildman–Crippen MR) is 75.1 cm³/mol. The van der Waals surface area contributed by atoms with Gasteiger partial charge in [-0.2, -0.15) is 0 Å². The lowest BCUT2D eigenvalue weighted by atomic mass is 10.0. The first-order valence-corrected chi connectivity index (χ1v) is 6.80. The Balaban J connectivity index is 2.02. The summed E-state index contributed by atoms with van der Waals surface area (Å²) in [5.41, 5.74) is 1.37. The zero-order valence-electron chi connectivity index (χ0n) is 11.6. The Labute approximate surface area is 110 Å². The van der Waals surface area contributed by atoms with Crippen molar-refractivity contribution in [3.8, 4) is 5.75 Å². The molecule has 1 fully saturated rings. The summed E-state index contributed by atoms with van der Waals surface area (Å²) in [6, 6.07) is 9.56. The molecule has 3 nitrogen and oxygen atoms in total. The maximum absolute atomic E-state index is 5.21. The Morgan fingerprint density at radius 2 is 2.06 bits per heavy atom. The van der Waals surface area contributed by atoms with Crippen molar-refractivity contribution in [2.75, 3.05) is 27.2 Å². The first-order chi connectivity index (χ1) is 8.74. The van der Waals surface area contributed by atoms with E-state index in [1.807, 2.05) is 12.1 Å². The van der Waals surface area contributed by atoms with E-state index in [-0.39, 0.29) is 0 Å². The standard InChI is InChI=1S/C15H24N2O/c1-12(13-6-8-15(18-3)9-7-13)17-10-4-5-14(11-17)16-2/h6-9,12,14,16H,4-5,10-11H2,1-3H3. The zero-order valence-corrected chi connectivity index (χ0v) is 11.6. The highest BCUT2D eigenvalue weighted by Gasteiger charge is 2.23. The fourth-order valence-corrected chi connectivity index (χ4v) is 2.69. The normalized spacial score (nSPS) is 22.7. The summed E-state index contributed by atoms with van der Waals surface area (Å²) in [5, 5.41) is 3.40. The maximum atomic E-state index is 5.21. The van der Waals surface area contributed by atoms with Gasteiger partial charge in [0.15, 0.2) is 0 Å². The number of benzene rings is 1. The zero-order chi connectivity index (χ0) is 13.0. The number of hydrogen-bond donors (Lipinski definition) is 1. The van der Waals surface area contributed by atoms with Crippen LogP contribution in [0.2, 0.25) is 0 Å². The Hall–Kier alpha value is -1.06. The van der Waals surface area contributed by atoms with Crippen molar-refractivity contribution in [1.29, 1.82) is 0 Å². The fourth-order valence-electron chi connectivity index (χ4n) is 2.69. The van der Waals surface area contributed by atoms with Crippen molar-refractivity contribution in [1.82, 2.24) is 10.2 Å². The molecule has 1 aromatic carbocycles. The van der Waals surface area contributed by atoms with Crippen LogP contribution in [-0.2, 0) is 0 Å². The SMILES string of the molecule is CNC1CCCN(C(C)c2ccc(OC)cc2)C1. The molecule has 3 heteroatoms. The van der Waals surface area contributed by atoms with Gasteiger partial charge in [-0.05, 0) is 51.1 Å². The van der Waals surface area contributed by atoms with E-state index in [9.17, 15) is 0 Å². The van der Waals surface area contributed by atoms with E-state index < -0.39 is 0 Å². The number of methoxy groups -OCH3 is 1. The largest absolute Gasteiger partial charge is 0.497 e. The predicted octanol–water partition coefficient (Wildman–Crippen LogP) is 2.44. The van der Waals surface area contributed by atoms with Crippen LogP contribution in [0.3, 0.4) is 0 Å². The molecule has 2 rings (SSSR count). The van der Waals surface area contributed by atoms with Gasteiger partial charge in [0.2, 0.25) is 0 Å². The van der Waals surface area contributed by atoms with Crippen LogP contribution in [0, 0.1) is 0 Å². The van der Waals surface area contributed by atoms with Crippen LogP contribution in [0.1, 0.15) is 31.4 Å². The minimum atomic E-state index is 0.479. The molecule has 0 spiro atoms. The molecule has 0 radical (unpaired) electrons. The van der Waals surface area contributed by atoms with Crippen LogP contribution >= 0.6 is 0 Å². The lowest BCUT2D eigenvalue weighted by Gasteiger charge is -2.37. The number of rotatable bonds is 4. The van der Waals surface area contributed by atoms with Gasteiger partial charge in [0.25, 0.3) is 0 Å². The minimum Gasteiger partial charge on any atom is -0.497 e. The first-order valence-electron chi connectivity index (χ1n) is 6.80. The van der Waals surface area contributed by atoms with Crippen molar-refractivity contribution >= 4 is 0 Å². The number of piperidine rings is 1. The molecule has 18 heavy (non-hydrogen) atoms. The van der Waals surface area contributed by atoms with Crippen LogP contribution in [-0.4, -0.2) is 38.2 Å². The Morgan fingerprint density at radius 1 is 1.33 bits per heavy atom. The highest BCUT2D eigenvalue weighted by Crippen LogP contribution is 2.25. The van der Waals surface area contributed by atoms with E-state index in [0.717, 1.165) is 12.3 Å². The topological polar surface area (TPSA) is 24.5 Å². The van der Waals surface area contributed by atoms with Crippen molar-refractivity contribution < 1.29 is 4.74 Å². The van der Waals surface area contributed by atoms with Crippen molar-refractivity contribution in [3.05, 3.63) is 29.8 Å². The van der Waals surface area contributed by atoms with Gasteiger partial charge in [-0.3, -0.25) is 4.90 Å². The highest BCUT2D eigenvalue weighted by molar-refractivity contribution is 5.28. The second-order valence-electron chi connectivity index (χ2n) is 5.07. The van der Waals surface area contributed by atoms with Crippen LogP contribution in [0.4, 0.5) is 0 Å². The van der Waals surface area contributed by atoms with Gasteiger partial charge in [-0.25, -0.2) is 0 Å². The third-order valence-corrected chi connectivity index (χ3v) is 4.01. The molecule has 0 amide bonds. The molecule has 0 aromatic heterocycles. The molecule has 1 heterocycles. The average molecular weight is 248 g/mol. The molecular weight excluding hydrogens is 224 g/mol. The fraction of sp³-hybridized carbons (Fsp3) is 0.600. The molecule has 0 aliphatic carbocycles. The molecular formula is C15H24N2O. The molecule has 1 N–H and O–H groups in total. The van der Waals surface area contributed by atoms with Crippen LogP contribution < -0.4 is 10.1 Å². The van der Waals surface area contributed by atoms with Gasteiger partial charge in [-0.1, -0.05) is 12.1 Å². The van der Waals surface area contributed by atoms with Crippen molar-refractivity contribution in [2.24, 2.45) is 0 Å². The summed E-state index contributed by atoms with van der Waals surface area (Å²) in [6.45, 7) is 4.63. The second kappa shape index (κ2) is 6.21. The lowest BCUT2D eigenvalue weighted by molar-refractivity contribution is 0.149. The van der Waals surface area contributed by atoms with E-state index >= 15 is 0 Å². The summed E-state index contributed by atoms with van der Waals surface area (Å²) in [4.78, 5) is 2.56. The van der Waals surface area contributed by atoms with Crippen LogP contribution in [0.25, 0.3) is 0 Å². The first kappa shape index (κ1) is 13.4. The summed E-state index contributed by atoms with van der Waals surface area (Å²) in [6.07, 6.45) is 2.58. The number of ether oxygens (including phenoxy) is 1. The minimum absolute atomic E-state index is 0.479. The van der Waals surface area contributed by atoms with E-state index in [0.29, 0.717) is 12.1 Å². The molecule has 1 aromatic rings. The molecule has 1 aliphatic heterocycles.